The molecule has 0 atom stereocenters. The Morgan fingerprint density at radius 3 is 2.24 bits per heavy atom. The van der Waals surface area contributed by atoms with E-state index in [1.54, 1.807) is 0 Å². The fourth-order valence-electron chi connectivity index (χ4n) is 9.54. The summed E-state index contributed by atoms with van der Waals surface area (Å²) in [4.78, 5) is 0. The van der Waals surface area contributed by atoms with E-state index in [2.05, 4.69) is 200 Å². The number of allylic oxidation sites excluding steroid dienone is 4. The average Bonchev–Trinajstić information content (AvgIpc) is 3.69. The number of rotatable bonds is 5. The average molecular weight is 705 g/mol. The molecule has 2 nitrogen and oxygen atoms in total. The Morgan fingerprint density at radius 1 is 0.545 bits per heavy atom. The van der Waals surface area contributed by atoms with Crippen LogP contribution in [0.25, 0.3) is 76.9 Å². The monoisotopic (exact) mass is 704 g/mol. The molecule has 262 valence electrons. The number of para-hydroxylation sites is 2. The van der Waals surface area contributed by atoms with Crippen LogP contribution in [0.1, 0.15) is 43.4 Å². The van der Waals surface area contributed by atoms with Crippen LogP contribution in [0.4, 0.5) is 5.69 Å². The Bertz CT molecular complexity index is 3080. The molecule has 2 aliphatic carbocycles. The third-order valence-corrected chi connectivity index (χ3v) is 12.2. The molecule has 9 aromatic rings. The summed E-state index contributed by atoms with van der Waals surface area (Å²) in [6.07, 6.45) is 6.60. The molecule has 0 spiro atoms. The minimum Gasteiger partial charge on any atom is -0.358 e. The van der Waals surface area contributed by atoms with Crippen LogP contribution in [0.3, 0.4) is 0 Å². The predicted octanol–water partition coefficient (Wildman–Crippen LogP) is 14.2. The van der Waals surface area contributed by atoms with Crippen LogP contribution >= 0.6 is 0 Å². The lowest BCUT2D eigenvalue weighted by molar-refractivity contribution is 0.661. The maximum Gasteiger partial charge on any atom is 0.0541 e. The lowest BCUT2D eigenvalue weighted by Crippen LogP contribution is -2.14. The highest BCUT2D eigenvalue weighted by Crippen LogP contribution is 2.52. The lowest BCUT2D eigenvalue weighted by atomic mass is 9.82. The first-order valence-electron chi connectivity index (χ1n) is 19.5. The first-order chi connectivity index (χ1) is 27.0. The molecular weight excluding hydrogens is 665 g/mol. The molecule has 0 fully saturated rings. The first kappa shape index (κ1) is 31.8. The van der Waals surface area contributed by atoms with E-state index >= 15 is 0 Å². The number of benzene rings is 8. The molecule has 11 rings (SSSR count). The number of fused-ring (bicyclic) bond motifs is 10. The Labute approximate surface area is 321 Å². The number of nitrogens with one attached hydrogen (secondary N) is 1. The van der Waals surface area contributed by atoms with Gasteiger partial charge in [0.25, 0.3) is 0 Å². The second-order valence-electron chi connectivity index (χ2n) is 15.7. The van der Waals surface area contributed by atoms with Crippen molar-refractivity contribution in [3.8, 4) is 27.9 Å². The van der Waals surface area contributed by atoms with Crippen molar-refractivity contribution in [2.24, 2.45) is 0 Å². The van der Waals surface area contributed by atoms with Crippen LogP contribution in [-0.4, -0.2) is 4.57 Å². The summed E-state index contributed by atoms with van der Waals surface area (Å²) in [6.45, 7) is 4.72. The Kier molecular flexibility index (Phi) is 7.06. The molecule has 1 heterocycles. The molecule has 0 radical (unpaired) electrons. The van der Waals surface area contributed by atoms with Crippen molar-refractivity contribution in [2.45, 2.75) is 32.1 Å². The van der Waals surface area contributed by atoms with Crippen molar-refractivity contribution >= 4 is 54.6 Å². The molecule has 0 saturated heterocycles. The number of aromatic nitrogens is 1. The SMILES string of the molecule is CC1(C)c2ccccc2-c2c1ccc1ccc3cc(NC4=C(c5cccc(-c6ccc7c(c6)c6ccccc6n7-c6ccccc6)c5)C=CCC4)ccc3c21. The van der Waals surface area contributed by atoms with E-state index in [-0.39, 0.29) is 5.41 Å². The van der Waals surface area contributed by atoms with Gasteiger partial charge in [-0.25, -0.2) is 0 Å². The molecule has 0 amide bonds. The predicted molar refractivity (Wildman–Crippen MR) is 234 cm³/mol. The molecule has 2 aliphatic rings. The second-order valence-corrected chi connectivity index (χ2v) is 15.7. The maximum absolute atomic E-state index is 3.90. The van der Waals surface area contributed by atoms with Gasteiger partial charge in [-0.05, 0) is 122 Å². The fourth-order valence-corrected chi connectivity index (χ4v) is 9.54. The number of nitrogens with zero attached hydrogens (tertiary/aromatic N) is 1. The van der Waals surface area contributed by atoms with E-state index < -0.39 is 0 Å². The van der Waals surface area contributed by atoms with Crippen molar-refractivity contribution in [1.29, 1.82) is 0 Å². The standard InChI is InChI=1S/C53H40N2/c1-53(2)46-20-9-6-19-44(46)52-47(53)29-25-34-23-24-38-32-39(27-28-42(38)51(34)52)54-48-21-10-7-17-41(48)37-14-12-13-35(31-37)36-26-30-50-45(33-36)43-18-8-11-22-49(43)55(50)40-15-4-3-5-16-40/h3-9,11-20,22-33,54H,10,21H2,1-2H3. The minimum absolute atomic E-state index is 0.0198. The van der Waals surface area contributed by atoms with Gasteiger partial charge in [0.2, 0.25) is 0 Å². The van der Waals surface area contributed by atoms with E-state index in [4.69, 9.17) is 0 Å². The third-order valence-electron chi connectivity index (χ3n) is 12.2. The highest BCUT2D eigenvalue weighted by Gasteiger charge is 2.36. The zero-order valence-corrected chi connectivity index (χ0v) is 31.1. The summed E-state index contributed by atoms with van der Waals surface area (Å²) in [5.74, 6) is 0. The molecule has 0 saturated carbocycles. The minimum atomic E-state index is -0.0198. The molecule has 0 unspecified atom stereocenters. The molecule has 2 heteroatoms. The van der Waals surface area contributed by atoms with Crippen LogP contribution in [0.15, 0.2) is 182 Å². The van der Waals surface area contributed by atoms with Gasteiger partial charge in [0.05, 0.1) is 11.0 Å². The van der Waals surface area contributed by atoms with Crippen LogP contribution in [0.5, 0.6) is 0 Å². The highest BCUT2D eigenvalue weighted by atomic mass is 15.0. The summed E-state index contributed by atoms with van der Waals surface area (Å²) in [6, 6.07) is 60.5. The highest BCUT2D eigenvalue weighted by molar-refractivity contribution is 6.17. The van der Waals surface area contributed by atoms with E-state index in [1.807, 2.05) is 0 Å². The molecule has 8 aromatic carbocycles. The van der Waals surface area contributed by atoms with Gasteiger partial charge in [-0.15, -0.1) is 0 Å². The van der Waals surface area contributed by atoms with E-state index in [9.17, 15) is 0 Å². The molecule has 0 bridgehead atoms. The number of anilines is 1. The summed E-state index contributed by atoms with van der Waals surface area (Å²) in [7, 11) is 0. The summed E-state index contributed by atoms with van der Waals surface area (Å²) in [5.41, 5.74) is 16.5. The fraction of sp³-hybridized carbons (Fsp3) is 0.0943. The van der Waals surface area contributed by atoms with Crippen LogP contribution < -0.4 is 5.32 Å². The smallest absolute Gasteiger partial charge is 0.0541 e. The van der Waals surface area contributed by atoms with Gasteiger partial charge in [-0.1, -0.05) is 141 Å². The van der Waals surface area contributed by atoms with Gasteiger partial charge in [0.15, 0.2) is 0 Å². The van der Waals surface area contributed by atoms with Crippen LogP contribution in [0.2, 0.25) is 0 Å². The molecule has 1 aromatic heterocycles. The van der Waals surface area contributed by atoms with Crippen molar-refractivity contribution in [3.05, 3.63) is 198 Å². The Morgan fingerprint density at radius 2 is 1.31 bits per heavy atom. The number of hydrogen-bond acceptors (Lipinski definition) is 1. The summed E-state index contributed by atoms with van der Waals surface area (Å²) < 4.78 is 2.38. The first-order valence-corrected chi connectivity index (χ1v) is 19.5. The van der Waals surface area contributed by atoms with Gasteiger partial charge in [0, 0.05) is 38.8 Å². The van der Waals surface area contributed by atoms with Gasteiger partial charge in [-0.3, -0.25) is 0 Å². The Hall–Kier alpha value is -6.64. The quantitative estimate of drug-likeness (QED) is 0.177. The van der Waals surface area contributed by atoms with Crippen LogP contribution in [0, 0.1) is 0 Å². The van der Waals surface area contributed by atoms with Crippen LogP contribution in [-0.2, 0) is 5.41 Å². The second kappa shape index (κ2) is 12.2. The van der Waals surface area contributed by atoms with Gasteiger partial charge in [-0.2, -0.15) is 0 Å². The lowest BCUT2D eigenvalue weighted by Gasteiger charge is -2.22. The third kappa shape index (κ3) is 4.95. The largest absolute Gasteiger partial charge is 0.358 e. The van der Waals surface area contributed by atoms with Gasteiger partial charge < -0.3 is 9.88 Å². The topological polar surface area (TPSA) is 17.0 Å². The summed E-state index contributed by atoms with van der Waals surface area (Å²) in [5, 5.41) is 11.7. The summed E-state index contributed by atoms with van der Waals surface area (Å²) >= 11 is 0. The van der Waals surface area contributed by atoms with Crippen molar-refractivity contribution < 1.29 is 0 Å². The zero-order chi connectivity index (χ0) is 36.7. The molecule has 0 aliphatic heterocycles. The van der Waals surface area contributed by atoms with E-state index in [1.165, 1.54) is 99.3 Å². The van der Waals surface area contributed by atoms with Gasteiger partial charge >= 0.3 is 0 Å². The zero-order valence-electron chi connectivity index (χ0n) is 31.1. The Balaban J connectivity index is 0.972. The van der Waals surface area contributed by atoms with Crippen molar-refractivity contribution in [1.82, 2.24) is 4.57 Å². The van der Waals surface area contributed by atoms with Crippen molar-refractivity contribution in [2.75, 3.05) is 5.32 Å². The van der Waals surface area contributed by atoms with Crippen molar-refractivity contribution in [3.63, 3.8) is 0 Å². The van der Waals surface area contributed by atoms with Gasteiger partial charge in [0.1, 0.15) is 0 Å². The molecule has 55 heavy (non-hydrogen) atoms. The van der Waals surface area contributed by atoms with E-state index in [0.717, 1.165) is 18.5 Å². The maximum atomic E-state index is 3.90. The molecule has 1 N–H and O–H groups in total. The van der Waals surface area contributed by atoms with E-state index in [0.29, 0.717) is 0 Å². The molecular formula is C53H40N2. The number of hydrogen-bond donors (Lipinski definition) is 1. The normalized spacial score (nSPS) is 14.6.